The molecule has 8 nitrogen and oxygen atoms in total. The summed E-state index contributed by atoms with van der Waals surface area (Å²) >= 11 is 0. The summed E-state index contributed by atoms with van der Waals surface area (Å²) in [5, 5.41) is 7.69. The van der Waals surface area contributed by atoms with E-state index in [-0.39, 0.29) is 11.8 Å². The van der Waals surface area contributed by atoms with Crippen LogP contribution in [0.5, 0.6) is 0 Å². The first-order valence-electron chi connectivity index (χ1n) is 10.3. The molecule has 0 bridgehead atoms. The average molecular weight is 433 g/mol. The lowest BCUT2D eigenvalue weighted by Gasteiger charge is -2.22. The van der Waals surface area contributed by atoms with Gasteiger partial charge in [-0.3, -0.25) is 9.67 Å². The standard InChI is InChI=1S/C21H32N6O2S/c1-16(2)25-30(28,29)15-19-8-6-5-7-17(19)11-23-21(22-3)27-10-9-18(14-27)20-12-24-26(4)13-20/h5-8,12-13,16,18,25H,9-11,14-15H2,1-4H3,(H,22,23). The van der Waals surface area contributed by atoms with E-state index in [0.717, 1.165) is 36.6 Å². The monoisotopic (exact) mass is 432 g/mol. The van der Waals surface area contributed by atoms with Crippen molar-refractivity contribution < 1.29 is 8.42 Å². The smallest absolute Gasteiger partial charge is 0.216 e. The van der Waals surface area contributed by atoms with Crippen molar-refractivity contribution in [2.75, 3.05) is 20.1 Å². The predicted octanol–water partition coefficient (Wildman–Crippen LogP) is 1.81. The Morgan fingerprint density at radius 2 is 2.03 bits per heavy atom. The summed E-state index contributed by atoms with van der Waals surface area (Å²) in [5.74, 6) is 1.24. The number of rotatable bonds is 7. The van der Waals surface area contributed by atoms with Crippen LogP contribution in [0.3, 0.4) is 0 Å². The molecule has 3 rings (SSSR count). The van der Waals surface area contributed by atoms with Gasteiger partial charge in [0.05, 0.1) is 11.9 Å². The number of likely N-dealkylation sites (tertiary alicyclic amines) is 1. The molecule has 2 N–H and O–H groups in total. The van der Waals surface area contributed by atoms with Crippen molar-refractivity contribution >= 4 is 16.0 Å². The van der Waals surface area contributed by atoms with Crippen molar-refractivity contribution in [1.29, 1.82) is 0 Å². The Labute approximate surface area is 179 Å². The molecule has 0 aliphatic carbocycles. The summed E-state index contributed by atoms with van der Waals surface area (Å²) in [6.45, 7) is 5.98. The first-order valence-corrected chi connectivity index (χ1v) is 11.9. The number of aryl methyl sites for hydroxylation is 1. The van der Waals surface area contributed by atoms with E-state index in [2.05, 4.69) is 31.2 Å². The van der Waals surface area contributed by atoms with Crippen molar-refractivity contribution in [3.8, 4) is 0 Å². The third-order valence-electron chi connectivity index (χ3n) is 5.21. The third-order valence-corrected chi connectivity index (χ3v) is 6.73. The van der Waals surface area contributed by atoms with Crippen molar-refractivity contribution in [1.82, 2.24) is 24.7 Å². The molecule has 1 atom stereocenters. The first kappa shape index (κ1) is 22.3. The van der Waals surface area contributed by atoms with Crippen LogP contribution in [0, 0.1) is 0 Å². The molecule has 1 unspecified atom stereocenters. The molecule has 2 heterocycles. The normalized spacial score (nSPS) is 17.7. The Hall–Kier alpha value is -2.39. The van der Waals surface area contributed by atoms with Gasteiger partial charge < -0.3 is 10.2 Å². The molecule has 1 fully saturated rings. The van der Waals surface area contributed by atoms with E-state index in [1.807, 2.05) is 56.0 Å². The number of guanidine groups is 1. The maximum absolute atomic E-state index is 12.4. The van der Waals surface area contributed by atoms with Crippen LogP contribution in [0.4, 0.5) is 0 Å². The lowest BCUT2D eigenvalue weighted by atomic mass is 10.0. The van der Waals surface area contributed by atoms with Gasteiger partial charge in [0.25, 0.3) is 0 Å². The average Bonchev–Trinajstić information content (AvgIpc) is 3.31. The number of benzene rings is 1. The summed E-state index contributed by atoms with van der Waals surface area (Å²) in [4.78, 5) is 6.69. The fourth-order valence-electron chi connectivity index (χ4n) is 3.86. The Morgan fingerprint density at radius 1 is 1.30 bits per heavy atom. The predicted molar refractivity (Wildman–Crippen MR) is 120 cm³/mol. The van der Waals surface area contributed by atoms with E-state index in [0.29, 0.717) is 12.5 Å². The number of sulfonamides is 1. The number of hydrogen-bond acceptors (Lipinski definition) is 4. The Balaban J connectivity index is 1.63. The molecule has 1 aliphatic rings. The van der Waals surface area contributed by atoms with E-state index in [1.54, 1.807) is 7.05 Å². The van der Waals surface area contributed by atoms with Crippen LogP contribution < -0.4 is 10.0 Å². The quantitative estimate of drug-likeness (QED) is 0.514. The number of nitrogens with one attached hydrogen (secondary N) is 2. The van der Waals surface area contributed by atoms with Gasteiger partial charge in [-0.25, -0.2) is 13.1 Å². The zero-order valence-electron chi connectivity index (χ0n) is 18.2. The minimum absolute atomic E-state index is 0.0333. The van der Waals surface area contributed by atoms with E-state index >= 15 is 0 Å². The maximum atomic E-state index is 12.4. The molecule has 1 aliphatic heterocycles. The Bertz CT molecular complexity index is 983. The first-order chi connectivity index (χ1) is 14.3. The van der Waals surface area contributed by atoms with Crippen LogP contribution in [-0.2, 0) is 29.4 Å². The fraction of sp³-hybridized carbons (Fsp3) is 0.524. The minimum Gasteiger partial charge on any atom is -0.352 e. The summed E-state index contributed by atoms with van der Waals surface area (Å²) in [7, 11) is 0.338. The van der Waals surface area contributed by atoms with Gasteiger partial charge in [0, 0.05) is 51.9 Å². The molecular formula is C21H32N6O2S. The van der Waals surface area contributed by atoms with Crippen molar-refractivity contribution in [2.45, 2.75) is 44.5 Å². The van der Waals surface area contributed by atoms with Crippen LogP contribution in [-0.4, -0.2) is 55.2 Å². The highest BCUT2D eigenvalue weighted by atomic mass is 32.2. The van der Waals surface area contributed by atoms with Gasteiger partial charge in [0.2, 0.25) is 10.0 Å². The third kappa shape index (κ3) is 5.82. The second-order valence-electron chi connectivity index (χ2n) is 8.08. The van der Waals surface area contributed by atoms with E-state index in [9.17, 15) is 8.42 Å². The fourth-order valence-corrected chi connectivity index (χ4v) is 5.35. The van der Waals surface area contributed by atoms with Crippen LogP contribution in [0.2, 0.25) is 0 Å². The van der Waals surface area contributed by atoms with Crippen molar-refractivity contribution in [3.05, 3.63) is 53.3 Å². The number of hydrogen-bond donors (Lipinski definition) is 2. The molecule has 0 spiro atoms. The van der Waals surface area contributed by atoms with Crippen LogP contribution in [0.15, 0.2) is 41.7 Å². The van der Waals surface area contributed by atoms with Crippen molar-refractivity contribution in [2.24, 2.45) is 12.0 Å². The highest BCUT2D eigenvalue weighted by Crippen LogP contribution is 2.26. The summed E-state index contributed by atoms with van der Waals surface area (Å²) in [6.07, 6.45) is 5.07. The van der Waals surface area contributed by atoms with Gasteiger partial charge in [-0.05, 0) is 37.0 Å². The Kier molecular flexibility index (Phi) is 7.14. The number of aromatic nitrogens is 2. The second kappa shape index (κ2) is 9.61. The summed E-state index contributed by atoms with van der Waals surface area (Å²) in [5.41, 5.74) is 3.00. The van der Waals surface area contributed by atoms with Crippen LogP contribution >= 0.6 is 0 Å². The van der Waals surface area contributed by atoms with Crippen LogP contribution in [0.25, 0.3) is 0 Å². The zero-order chi connectivity index (χ0) is 21.7. The lowest BCUT2D eigenvalue weighted by molar-refractivity contribution is 0.485. The molecule has 9 heteroatoms. The van der Waals surface area contributed by atoms with Crippen LogP contribution in [0.1, 0.15) is 42.9 Å². The van der Waals surface area contributed by atoms with E-state index in [4.69, 9.17) is 0 Å². The molecule has 1 aromatic heterocycles. The summed E-state index contributed by atoms with van der Waals surface area (Å²) in [6, 6.07) is 7.51. The molecule has 164 valence electrons. The van der Waals surface area contributed by atoms with E-state index in [1.165, 1.54) is 5.56 Å². The SMILES string of the molecule is CN=C(NCc1ccccc1CS(=O)(=O)NC(C)C)N1CCC(c2cnn(C)c2)C1. The van der Waals surface area contributed by atoms with Gasteiger partial charge in [-0.2, -0.15) is 5.10 Å². The maximum Gasteiger partial charge on any atom is 0.216 e. The minimum atomic E-state index is -3.38. The highest BCUT2D eigenvalue weighted by Gasteiger charge is 2.27. The topological polar surface area (TPSA) is 91.6 Å². The molecule has 0 amide bonds. The van der Waals surface area contributed by atoms with Crippen molar-refractivity contribution in [3.63, 3.8) is 0 Å². The largest absolute Gasteiger partial charge is 0.352 e. The van der Waals surface area contributed by atoms with Gasteiger partial charge >= 0.3 is 0 Å². The molecule has 0 radical (unpaired) electrons. The molecule has 1 aromatic carbocycles. The highest BCUT2D eigenvalue weighted by molar-refractivity contribution is 7.88. The molecular weight excluding hydrogens is 400 g/mol. The van der Waals surface area contributed by atoms with Gasteiger partial charge in [0.1, 0.15) is 0 Å². The molecule has 1 saturated heterocycles. The molecule has 2 aromatic rings. The number of aliphatic imine (C=N–C) groups is 1. The van der Waals surface area contributed by atoms with E-state index < -0.39 is 10.0 Å². The number of nitrogens with zero attached hydrogens (tertiary/aromatic N) is 4. The Morgan fingerprint density at radius 3 is 2.67 bits per heavy atom. The molecule has 0 saturated carbocycles. The molecule has 30 heavy (non-hydrogen) atoms. The zero-order valence-corrected chi connectivity index (χ0v) is 19.0. The summed E-state index contributed by atoms with van der Waals surface area (Å²) < 4.78 is 29.2. The van der Waals surface area contributed by atoms with Gasteiger partial charge in [0.15, 0.2) is 5.96 Å². The van der Waals surface area contributed by atoms with Gasteiger partial charge in [-0.15, -0.1) is 0 Å². The second-order valence-corrected chi connectivity index (χ2v) is 9.83. The van der Waals surface area contributed by atoms with Gasteiger partial charge in [-0.1, -0.05) is 24.3 Å². The lowest BCUT2D eigenvalue weighted by Crippen LogP contribution is -2.39.